The number of Topliss-reactive ketones (excluding diaryl/α,β-unsaturated/α-hetero) is 1. The van der Waals surface area contributed by atoms with Crippen LogP contribution in [0.5, 0.6) is 0 Å². The third kappa shape index (κ3) is 12.7. The molecular weight excluding hydrogens is 467 g/mol. The van der Waals surface area contributed by atoms with Crippen molar-refractivity contribution in [2.45, 2.75) is 164 Å². The van der Waals surface area contributed by atoms with E-state index in [9.17, 15) is 4.79 Å². The maximum atomic E-state index is 11.7. The van der Waals surface area contributed by atoms with Gasteiger partial charge in [0.25, 0.3) is 0 Å². The molecule has 0 amide bonds. The average molecular weight is 531 g/mol. The van der Waals surface area contributed by atoms with Crippen molar-refractivity contribution >= 4 is 14.4 Å². The molecule has 0 aromatic heterocycles. The lowest BCUT2D eigenvalue weighted by Gasteiger charge is -2.52. The second-order valence-electron chi connectivity index (χ2n) is 15.3. The van der Waals surface area contributed by atoms with Crippen LogP contribution in [-0.4, -0.2) is 80.6 Å². The van der Waals surface area contributed by atoms with Gasteiger partial charge in [-0.3, -0.25) is 14.6 Å². The highest BCUT2D eigenvalue weighted by Crippen LogP contribution is 2.33. The third-order valence-electron chi connectivity index (χ3n) is 6.95. The molecule has 0 fully saturated rings. The number of ether oxygens (including phenoxy) is 2. The van der Waals surface area contributed by atoms with Gasteiger partial charge in [-0.25, -0.2) is 0 Å². The number of hydrogen-bond donors (Lipinski definition) is 0. The zero-order chi connectivity index (χ0) is 29.0. The molecule has 0 aliphatic rings. The molecule has 6 heteroatoms. The van der Waals surface area contributed by atoms with E-state index in [0.717, 1.165) is 25.7 Å². The summed E-state index contributed by atoms with van der Waals surface area (Å²) in [6, 6.07) is 0. The molecule has 0 saturated carbocycles. The van der Waals surface area contributed by atoms with Crippen LogP contribution in [0.1, 0.15) is 124 Å². The molecule has 216 valence electrons. The maximum absolute atomic E-state index is 11.7. The molecule has 5 nitrogen and oxygen atoms in total. The predicted octanol–water partition coefficient (Wildman–Crippen LogP) is 7.36. The number of carbonyl (C=O) groups is 1. The largest absolute Gasteiger partial charge is 0.372 e. The van der Waals surface area contributed by atoms with Crippen LogP contribution >= 0.6 is 8.58 Å². The first kappa shape index (κ1) is 35.9. The van der Waals surface area contributed by atoms with Gasteiger partial charge < -0.3 is 9.47 Å². The van der Waals surface area contributed by atoms with Gasteiger partial charge in [-0.2, -0.15) is 0 Å². The maximum Gasteiger partial charge on any atom is 0.161 e. The fourth-order valence-electron chi connectivity index (χ4n) is 5.55. The Morgan fingerprint density at radius 1 is 0.750 bits per heavy atom. The SMILES string of the molecule is CC(=O)C(C)(C)OCPCC(C)(C)OC(C)CC(C)(C)N(CCN(C(C)(C)C)C(C)(C)C)C(C)(C)C. The Kier molecular flexibility index (Phi) is 12.8. The highest BCUT2D eigenvalue weighted by Gasteiger charge is 2.39. The van der Waals surface area contributed by atoms with E-state index in [1.165, 1.54) is 0 Å². The van der Waals surface area contributed by atoms with Crippen molar-refractivity contribution in [2.24, 2.45) is 0 Å². The number of rotatable bonds is 14. The van der Waals surface area contributed by atoms with Gasteiger partial charge in [-0.05, 0) is 130 Å². The van der Waals surface area contributed by atoms with Gasteiger partial charge in [0.2, 0.25) is 0 Å². The van der Waals surface area contributed by atoms with Crippen LogP contribution in [0, 0.1) is 0 Å². The summed E-state index contributed by atoms with van der Waals surface area (Å²) in [5.41, 5.74) is -0.706. The van der Waals surface area contributed by atoms with E-state index in [1.807, 2.05) is 13.8 Å². The lowest BCUT2D eigenvalue weighted by molar-refractivity contribution is -0.135. The van der Waals surface area contributed by atoms with Crippen LogP contribution in [0.3, 0.4) is 0 Å². The number of ketones is 1. The van der Waals surface area contributed by atoms with E-state index in [1.54, 1.807) is 6.92 Å². The standard InChI is InChI=1S/C30H63N2O3P/c1-23(35-29(14,15)21-36-22-34-30(16,17)24(2)33)20-28(12,13)32(27(9,10)11)19-18-31(25(3,4)5)26(6,7)8/h23,36H,18-22H2,1-17H3. The third-order valence-corrected chi connectivity index (χ3v) is 8.40. The number of nitrogens with zero attached hydrogens (tertiary/aromatic N) is 2. The van der Waals surface area contributed by atoms with Crippen molar-refractivity contribution in [1.82, 2.24) is 9.80 Å². The summed E-state index contributed by atoms with van der Waals surface area (Å²) in [6.07, 6.45) is 2.59. The van der Waals surface area contributed by atoms with Gasteiger partial charge in [0.05, 0.1) is 18.1 Å². The molecule has 0 aliphatic carbocycles. The monoisotopic (exact) mass is 530 g/mol. The van der Waals surface area contributed by atoms with Crippen molar-refractivity contribution in [1.29, 1.82) is 0 Å². The second kappa shape index (κ2) is 12.9. The Bertz CT molecular complexity index is 668. The topological polar surface area (TPSA) is 42.0 Å². The lowest BCUT2D eigenvalue weighted by Crippen LogP contribution is -2.60. The quantitative estimate of drug-likeness (QED) is 0.173. The van der Waals surface area contributed by atoms with E-state index in [2.05, 4.69) is 107 Å². The van der Waals surface area contributed by atoms with Crippen molar-refractivity contribution < 1.29 is 14.3 Å². The molecule has 2 atom stereocenters. The minimum absolute atomic E-state index is 0.0217. The van der Waals surface area contributed by atoms with E-state index < -0.39 is 5.60 Å². The molecule has 0 rings (SSSR count). The van der Waals surface area contributed by atoms with Crippen LogP contribution in [0.15, 0.2) is 0 Å². The average Bonchev–Trinajstić information content (AvgIpc) is 2.57. The Hall–Kier alpha value is -0.0600. The van der Waals surface area contributed by atoms with E-state index in [4.69, 9.17) is 9.47 Å². The lowest BCUT2D eigenvalue weighted by atomic mass is 9.88. The van der Waals surface area contributed by atoms with E-state index >= 15 is 0 Å². The van der Waals surface area contributed by atoms with Crippen LogP contribution < -0.4 is 0 Å². The minimum Gasteiger partial charge on any atom is -0.372 e. The molecule has 0 heterocycles. The molecule has 2 unspecified atom stereocenters. The zero-order valence-corrected chi connectivity index (χ0v) is 28.2. The van der Waals surface area contributed by atoms with Gasteiger partial charge in [0.15, 0.2) is 5.78 Å². The summed E-state index contributed by atoms with van der Waals surface area (Å²) in [5, 5.41) is 0. The molecule has 0 aliphatic heterocycles. The van der Waals surface area contributed by atoms with Crippen molar-refractivity contribution in [3.63, 3.8) is 0 Å². The van der Waals surface area contributed by atoms with E-state index in [0.29, 0.717) is 14.9 Å². The fourth-order valence-corrected chi connectivity index (χ4v) is 6.80. The highest BCUT2D eigenvalue weighted by molar-refractivity contribution is 7.37. The Balaban J connectivity index is 5.25. The van der Waals surface area contributed by atoms with Gasteiger partial charge in [-0.1, -0.05) is 8.58 Å². The molecule has 0 saturated heterocycles. The Labute approximate surface area is 227 Å². The smallest absolute Gasteiger partial charge is 0.161 e. The first-order chi connectivity index (χ1) is 15.7. The zero-order valence-electron chi connectivity index (χ0n) is 27.2. The summed E-state index contributed by atoms with van der Waals surface area (Å²) in [7, 11) is 0.594. The molecular formula is C30H63N2O3P. The van der Waals surface area contributed by atoms with Crippen LogP contribution in [0.2, 0.25) is 0 Å². The summed E-state index contributed by atoms with van der Waals surface area (Å²) < 4.78 is 12.4. The van der Waals surface area contributed by atoms with Crippen molar-refractivity contribution in [3.05, 3.63) is 0 Å². The molecule has 0 aromatic rings. The summed E-state index contributed by atoms with van der Waals surface area (Å²) in [5.74, 6) is 0.0650. The van der Waals surface area contributed by atoms with Crippen LogP contribution in [0.25, 0.3) is 0 Å². The minimum atomic E-state index is -0.707. The highest BCUT2D eigenvalue weighted by atomic mass is 31.1. The predicted molar refractivity (Wildman–Crippen MR) is 160 cm³/mol. The number of carbonyl (C=O) groups excluding carboxylic acids is 1. The molecule has 0 bridgehead atoms. The second-order valence-corrected chi connectivity index (χ2v) is 16.4. The van der Waals surface area contributed by atoms with Gasteiger partial charge in [-0.15, -0.1) is 0 Å². The Morgan fingerprint density at radius 3 is 1.56 bits per heavy atom. The number of hydrogen-bond acceptors (Lipinski definition) is 5. The van der Waals surface area contributed by atoms with Crippen molar-refractivity contribution in [2.75, 3.05) is 25.6 Å². The van der Waals surface area contributed by atoms with Crippen molar-refractivity contribution in [3.8, 4) is 0 Å². The van der Waals surface area contributed by atoms with Gasteiger partial charge >= 0.3 is 0 Å². The fraction of sp³-hybridized carbons (Fsp3) is 0.967. The summed E-state index contributed by atoms with van der Waals surface area (Å²) >= 11 is 0. The first-order valence-electron chi connectivity index (χ1n) is 13.8. The van der Waals surface area contributed by atoms with Gasteiger partial charge in [0, 0.05) is 35.2 Å². The van der Waals surface area contributed by atoms with E-state index in [-0.39, 0.29) is 39.6 Å². The first-order valence-corrected chi connectivity index (χ1v) is 15.2. The summed E-state index contributed by atoms with van der Waals surface area (Å²) in [6.45, 7) is 39.4. The molecule has 36 heavy (non-hydrogen) atoms. The van der Waals surface area contributed by atoms with Crippen LogP contribution in [-0.2, 0) is 14.3 Å². The molecule has 0 spiro atoms. The Morgan fingerprint density at radius 2 is 1.17 bits per heavy atom. The molecule has 0 aromatic carbocycles. The normalized spacial score (nSPS) is 16.0. The molecule has 0 radical (unpaired) electrons. The molecule has 0 N–H and O–H groups in total. The van der Waals surface area contributed by atoms with Crippen LogP contribution in [0.4, 0.5) is 0 Å². The summed E-state index contributed by atoms with van der Waals surface area (Å²) in [4.78, 5) is 17.0. The van der Waals surface area contributed by atoms with Gasteiger partial charge in [0.1, 0.15) is 5.60 Å².